The maximum absolute atomic E-state index is 13.2. The lowest BCUT2D eigenvalue weighted by atomic mass is 10.1. The van der Waals surface area contributed by atoms with Gasteiger partial charge in [0.05, 0.1) is 25.7 Å². The van der Waals surface area contributed by atoms with Crippen molar-refractivity contribution < 1.29 is 9.53 Å². The lowest BCUT2D eigenvalue weighted by Gasteiger charge is -2.22. The number of benzene rings is 2. The molecule has 0 spiro atoms. The van der Waals surface area contributed by atoms with E-state index in [-0.39, 0.29) is 18.0 Å². The standard InChI is InChI=1S/C25H22N4O3/c1-32-21-12-10-20(11-13-21)22-15-24(30)28(18-27-22)17-25(31)29(23-9-5-6-14-26-23)16-19-7-3-2-4-8-19/h2-15,18H,16-17H2,1H3. The highest BCUT2D eigenvalue weighted by molar-refractivity contribution is 5.92. The lowest BCUT2D eigenvalue weighted by molar-refractivity contribution is -0.119. The Bertz CT molecular complexity index is 1240. The van der Waals surface area contributed by atoms with Crippen LogP contribution in [0.25, 0.3) is 11.3 Å². The van der Waals surface area contributed by atoms with Gasteiger partial charge in [-0.25, -0.2) is 9.97 Å². The van der Waals surface area contributed by atoms with Crippen molar-refractivity contribution in [3.63, 3.8) is 0 Å². The summed E-state index contributed by atoms with van der Waals surface area (Å²) in [7, 11) is 1.59. The van der Waals surface area contributed by atoms with E-state index in [0.717, 1.165) is 16.9 Å². The number of carbonyl (C=O) groups is 1. The van der Waals surface area contributed by atoms with Crippen LogP contribution in [-0.4, -0.2) is 27.6 Å². The Morgan fingerprint density at radius 1 is 0.969 bits per heavy atom. The van der Waals surface area contributed by atoms with Crippen LogP contribution in [0.1, 0.15) is 5.56 Å². The van der Waals surface area contributed by atoms with Crippen LogP contribution >= 0.6 is 0 Å². The zero-order valence-corrected chi connectivity index (χ0v) is 17.6. The number of ether oxygens (including phenoxy) is 1. The van der Waals surface area contributed by atoms with Crippen molar-refractivity contribution in [2.75, 3.05) is 12.0 Å². The number of aromatic nitrogens is 3. The molecule has 0 aliphatic carbocycles. The minimum Gasteiger partial charge on any atom is -0.497 e. The number of carbonyl (C=O) groups excluding carboxylic acids is 1. The number of hydrogen-bond acceptors (Lipinski definition) is 5. The van der Waals surface area contributed by atoms with Gasteiger partial charge in [-0.05, 0) is 42.0 Å². The highest BCUT2D eigenvalue weighted by Crippen LogP contribution is 2.19. The summed E-state index contributed by atoms with van der Waals surface area (Å²) in [6, 6.07) is 23.7. The predicted molar refractivity (Wildman–Crippen MR) is 122 cm³/mol. The molecule has 0 bridgehead atoms. The van der Waals surface area contributed by atoms with Crippen molar-refractivity contribution in [1.29, 1.82) is 0 Å². The van der Waals surface area contributed by atoms with Gasteiger partial charge in [-0.1, -0.05) is 36.4 Å². The molecule has 160 valence electrons. The Morgan fingerprint density at radius 2 is 1.72 bits per heavy atom. The summed E-state index contributed by atoms with van der Waals surface area (Å²) in [5, 5.41) is 0. The third-order valence-electron chi connectivity index (χ3n) is 4.98. The number of amides is 1. The third kappa shape index (κ3) is 4.89. The van der Waals surface area contributed by atoms with Gasteiger partial charge >= 0.3 is 0 Å². The van der Waals surface area contributed by atoms with Gasteiger partial charge in [0.25, 0.3) is 5.56 Å². The van der Waals surface area contributed by atoms with Crippen molar-refractivity contribution in [3.8, 4) is 17.0 Å². The van der Waals surface area contributed by atoms with E-state index < -0.39 is 0 Å². The van der Waals surface area contributed by atoms with E-state index in [1.807, 2.05) is 48.5 Å². The Labute approximate surface area is 185 Å². The second kappa shape index (κ2) is 9.70. The molecule has 0 saturated carbocycles. The maximum Gasteiger partial charge on any atom is 0.254 e. The molecule has 0 atom stereocenters. The Morgan fingerprint density at radius 3 is 2.38 bits per heavy atom. The van der Waals surface area contributed by atoms with E-state index in [1.54, 1.807) is 42.5 Å². The monoisotopic (exact) mass is 426 g/mol. The summed E-state index contributed by atoms with van der Waals surface area (Å²) in [5.74, 6) is 0.992. The van der Waals surface area contributed by atoms with Gasteiger partial charge < -0.3 is 4.74 Å². The Kier molecular flexibility index (Phi) is 6.36. The van der Waals surface area contributed by atoms with Gasteiger partial charge in [-0.15, -0.1) is 0 Å². The van der Waals surface area contributed by atoms with E-state index >= 15 is 0 Å². The predicted octanol–water partition coefficient (Wildman–Crippen LogP) is 3.55. The van der Waals surface area contributed by atoms with Gasteiger partial charge in [0, 0.05) is 17.8 Å². The van der Waals surface area contributed by atoms with Crippen LogP contribution in [0.2, 0.25) is 0 Å². The minimum absolute atomic E-state index is 0.141. The molecule has 0 saturated heterocycles. The van der Waals surface area contributed by atoms with Crippen LogP contribution in [0, 0.1) is 0 Å². The molecule has 0 radical (unpaired) electrons. The summed E-state index contributed by atoms with van der Waals surface area (Å²) in [4.78, 5) is 36.1. The van der Waals surface area contributed by atoms with Gasteiger partial charge in [-0.3, -0.25) is 19.1 Å². The average molecular weight is 426 g/mol. The number of nitrogens with zero attached hydrogens (tertiary/aromatic N) is 4. The molecule has 0 fully saturated rings. The first-order valence-corrected chi connectivity index (χ1v) is 10.1. The summed E-state index contributed by atoms with van der Waals surface area (Å²) in [6.07, 6.45) is 3.04. The number of hydrogen-bond donors (Lipinski definition) is 0. The van der Waals surface area contributed by atoms with Crippen molar-refractivity contribution in [1.82, 2.24) is 14.5 Å². The zero-order chi connectivity index (χ0) is 22.3. The van der Waals surface area contributed by atoms with Crippen molar-refractivity contribution >= 4 is 11.7 Å². The SMILES string of the molecule is COc1ccc(-c2cc(=O)n(CC(=O)N(Cc3ccccc3)c3ccccn3)cn2)cc1. The van der Waals surface area contributed by atoms with Gasteiger partial charge in [0.15, 0.2) is 0 Å². The smallest absolute Gasteiger partial charge is 0.254 e. The fraction of sp³-hybridized carbons (Fsp3) is 0.120. The van der Waals surface area contributed by atoms with Crippen LogP contribution < -0.4 is 15.2 Å². The molecular weight excluding hydrogens is 404 g/mol. The van der Waals surface area contributed by atoms with E-state index in [2.05, 4.69) is 9.97 Å². The van der Waals surface area contributed by atoms with Gasteiger partial charge in [-0.2, -0.15) is 0 Å². The molecule has 4 aromatic rings. The van der Waals surface area contributed by atoms with E-state index in [0.29, 0.717) is 18.1 Å². The molecule has 1 amide bonds. The normalized spacial score (nSPS) is 10.5. The van der Waals surface area contributed by atoms with Crippen LogP contribution in [0.4, 0.5) is 5.82 Å². The van der Waals surface area contributed by atoms with E-state index in [4.69, 9.17) is 4.74 Å². The zero-order valence-electron chi connectivity index (χ0n) is 17.6. The summed E-state index contributed by atoms with van der Waals surface area (Å²) >= 11 is 0. The highest BCUT2D eigenvalue weighted by atomic mass is 16.5. The molecule has 2 aromatic heterocycles. The number of anilines is 1. The van der Waals surface area contributed by atoms with Crippen molar-refractivity contribution in [2.24, 2.45) is 0 Å². The topological polar surface area (TPSA) is 77.3 Å². The first-order valence-electron chi connectivity index (χ1n) is 10.1. The molecule has 0 N–H and O–H groups in total. The van der Waals surface area contributed by atoms with Crippen LogP contribution in [0.3, 0.4) is 0 Å². The largest absolute Gasteiger partial charge is 0.497 e. The lowest BCUT2D eigenvalue weighted by Crippen LogP contribution is -2.36. The van der Waals surface area contributed by atoms with Crippen LogP contribution in [0.15, 0.2) is 96.2 Å². The Balaban J connectivity index is 1.56. The highest BCUT2D eigenvalue weighted by Gasteiger charge is 2.18. The average Bonchev–Trinajstić information content (AvgIpc) is 2.85. The molecular formula is C25H22N4O3. The first kappa shape index (κ1) is 21.0. The molecule has 0 aliphatic rings. The van der Waals surface area contributed by atoms with Gasteiger partial charge in [0.1, 0.15) is 18.1 Å². The molecule has 2 heterocycles. The molecule has 32 heavy (non-hydrogen) atoms. The van der Waals surface area contributed by atoms with Crippen molar-refractivity contribution in [2.45, 2.75) is 13.1 Å². The fourth-order valence-electron chi connectivity index (χ4n) is 3.27. The molecule has 7 nitrogen and oxygen atoms in total. The second-order valence-electron chi connectivity index (χ2n) is 7.12. The fourth-order valence-corrected chi connectivity index (χ4v) is 3.27. The van der Waals surface area contributed by atoms with Crippen LogP contribution in [0.5, 0.6) is 5.75 Å². The molecule has 7 heteroatoms. The Hall–Kier alpha value is -4.26. The van der Waals surface area contributed by atoms with Gasteiger partial charge in [0.2, 0.25) is 5.91 Å². The maximum atomic E-state index is 13.2. The molecule has 0 unspecified atom stereocenters. The number of rotatable bonds is 7. The number of pyridine rings is 1. The first-order chi connectivity index (χ1) is 15.6. The van der Waals surface area contributed by atoms with Crippen molar-refractivity contribution in [3.05, 3.63) is 107 Å². The summed E-state index contributed by atoms with van der Waals surface area (Å²) < 4.78 is 6.46. The summed E-state index contributed by atoms with van der Waals surface area (Å²) in [6.45, 7) is 0.209. The molecule has 2 aromatic carbocycles. The third-order valence-corrected chi connectivity index (χ3v) is 4.98. The molecule has 0 aliphatic heterocycles. The van der Waals surface area contributed by atoms with E-state index in [1.165, 1.54) is 17.0 Å². The quantitative estimate of drug-likeness (QED) is 0.452. The minimum atomic E-state index is -0.306. The molecule has 4 rings (SSSR count). The van der Waals surface area contributed by atoms with E-state index in [9.17, 15) is 9.59 Å². The second-order valence-corrected chi connectivity index (χ2v) is 7.12. The summed E-state index contributed by atoms with van der Waals surface area (Å²) in [5.41, 5.74) is 1.99. The number of methoxy groups -OCH3 is 1. The van der Waals surface area contributed by atoms with Crippen LogP contribution in [-0.2, 0) is 17.9 Å².